The summed E-state index contributed by atoms with van der Waals surface area (Å²) in [4.78, 5) is 1.58. The number of alkyl halides is 2. The minimum Gasteiger partial charge on any atom is -0.390 e. The highest BCUT2D eigenvalue weighted by atomic mass is 19.3. The molecule has 0 saturated carbocycles. The first kappa shape index (κ1) is 10.8. The van der Waals surface area contributed by atoms with Gasteiger partial charge in [-0.3, -0.25) is 4.90 Å². The lowest BCUT2D eigenvalue weighted by molar-refractivity contribution is -0.00206. The van der Waals surface area contributed by atoms with Gasteiger partial charge in [0, 0.05) is 25.6 Å². The van der Waals surface area contributed by atoms with Gasteiger partial charge in [-0.25, -0.2) is 8.78 Å². The van der Waals surface area contributed by atoms with Crippen LogP contribution in [0.3, 0.4) is 0 Å². The summed E-state index contributed by atoms with van der Waals surface area (Å²) in [5.41, 5.74) is 5.24. The quantitative estimate of drug-likeness (QED) is 0.666. The molecule has 13 heavy (non-hydrogen) atoms. The van der Waals surface area contributed by atoms with Crippen molar-refractivity contribution < 1.29 is 13.9 Å². The zero-order chi connectivity index (χ0) is 10.1. The number of aliphatic hydroxyl groups excluding tert-OH is 1. The largest absolute Gasteiger partial charge is 0.390 e. The van der Waals surface area contributed by atoms with Crippen LogP contribution in [0.5, 0.6) is 0 Å². The summed E-state index contributed by atoms with van der Waals surface area (Å²) < 4.78 is 25.5. The van der Waals surface area contributed by atoms with E-state index in [-0.39, 0.29) is 25.6 Å². The van der Waals surface area contributed by atoms with Gasteiger partial charge < -0.3 is 10.8 Å². The Kier molecular flexibility index (Phi) is 3.21. The predicted octanol–water partition coefficient (Wildman–Crippen LogP) is 0.0355. The van der Waals surface area contributed by atoms with E-state index in [9.17, 15) is 13.9 Å². The fourth-order valence-electron chi connectivity index (χ4n) is 1.55. The van der Waals surface area contributed by atoms with Gasteiger partial charge in [-0.2, -0.15) is 0 Å². The van der Waals surface area contributed by atoms with Gasteiger partial charge in [-0.15, -0.1) is 0 Å². The van der Waals surface area contributed by atoms with Gasteiger partial charge in [0.2, 0.25) is 0 Å². The summed E-state index contributed by atoms with van der Waals surface area (Å²) in [5, 5.41) is 9.35. The zero-order valence-electron chi connectivity index (χ0n) is 7.71. The Balaban J connectivity index is 2.46. The van der Waals surface area contributed by atoms with Crippen molar-refractivity contribution in [2.45, 2.75) is 31.4 Å². The molecule has 2 atom stereocenters. The monoisotopic (exact) mass is 194 g/mol. The number of halogens is 2. The average Bonchev–Trinajstić information content (AvgIpc) is 2.43. The normalized spacial score (nSPS) is 27.5. The van der Waals surface area contributed by atoms with Gasteiger partial charge in [-0.1, -0.05) is 0 Å². The molecule has 3 nitrogen and oxygen atoms in total. The molecule has 0 bridgehead atoms. The molecule has 1 heterocycles. The molecule has 78 valence electrons. The standard InChI is InChI=1S/C8H16F2N2O/c1-6(7(13)4-11)12-3-2-8(9,10)5-12/h6-7,13H,2-5,11H2,1H3. The molecule has 0 spiro atoms. The van der Waals surface area contributed by atoms with Crippen molar-refractivity contribution in [3.8, 4) is 0 Å². The molecule has 0 aliphatic carbocycles. The number of hydrogen-bond acceptors (Lipinski definition) is 3. The summed E-state index contributed by atoms with van der Waals surface area (Å²) in [6, 6.07) is -0.279. The minimum atomic E-state index is -2.59. The highest BCUT2D eigenvalue weighted by Crippen LogP contribution is 2.28. The minimum absolute atomic E-state index is 0.114. The highest BCUT2D eigenvalue weighted by molar-refractivity contribution is 4.87. The van der Waals surface area contributed by atoms with Crippen LogP contribution in [-0.4, -0.2) is 47.7 Å². The van der Waals surface area contributed by atoms with Crippen LogP contribution >= 0.6 is 0 Å². The second-order valence-electron chi connectivity index (χ2n) is 3.62. The van der Waals surface area contributed by atoms with Gasteiger partial charge in [0.1, 0.15) is 0 Å². The Morgan fingerprint density at radius 2 is 2.23 bits per heavy atom. The van der Waals surface area contributed by atoms with Gasteiger partial charge in [-0.05, 0) is 6.92 Å². The molecule has 1 aliphatic rings. The molecule has 3 N–H and O–H groups in total. The van der Waals surface area contributed by atoms with Crippen LogP contribution < -0.4 is 5.73 Å². The molecule has 1 saturated heterocycles. The van der Waals surface area contributed by atoms with Crippen molar-refractivity contribution in [2.75, 3.05) is 19.6 Å². The zero-order valence-corrected chi connectivity index (χ0v) is 7.71. The van der Waals surface area contributed by atoms with Gasteiger partial charge in [0.25, 0.3) is 5.92 Å². The van der Waals surface area contributed by atoms with Crippen LogP contribution in [0.25, 0.3) is 0 Å². The first-order chi connectivity index (χ1) is 5.96. The van der Waals surface area contributed by atoms with Crippen LogP contribution in [-0.2, 0) is 0 Å². The van der Waals surface area contributed by atoms with Gasteiger partial charge in [0.15, 0.2) is 0 Å². The van der Waals surface area contributed by atoms with E-state index in [1.807, 2.05) is 0 Å². The summed E-state index contributed by atoms with van der Waals surface area (Å²) in [6.07, 6.45) is -0.830. The van der Waals surface area contributed by atoms with Crippen molar-refractivity contribution in [1.82, 2.24) is 4.90 Å². The van der Waals surface area contributed by atoms with Crippen molar-refractivity contribution in [3.05, 3.63) is 0 Å². The van der Waals surface area contributed by atoms with E-state index in [2.05, 4.69) is 0 Å². The molecule has 5 heteroatoms. The molecule has 1 rings (SSSR count). The van der Waals surface area contributed by atoms with E-state index in [4.69, 9.17) is 5.73 Å². The van der Waals surface area contributed by atoms with Crippen LogP contribution in [0.2, 0.25) is 0 Å². The lowest BCUT2D eigenvalue weighted by Crippen LogP contribution is -2.44. The van der Waals surface area contributed by atoms with E-state index in [1.165, 1.54) is 0 Å². The summed E-state index contributed by atoms with van der Waals surface area (Å²) in [7, 11) is 0. The number of hydrogen-bond donors (Lipinski definition) is 2. The molecule has 2 unspecified atom stereocenters. The summed E-state index contributed by atoms with van der Waals surface area (Å²) in [5.74, 6) is -2.59. The molecule has 0 aromatic heterocycles. The van der Waals surface area contributed by atoms with E-state index < -0.39 is 12.0 Å². The van der Waals surface area contributed by atoms with Crippen LogP contribution in [0.1, 0.15) is 13.3 Å². The van der Waals surface area contributed by atoms with E-state index in [0.717, 1.165) is 0 Å². The molecule has 0 amide bonds. The maximum Gasteiger partial charge on any atom is 0.261 e. The molecule has 0 aromatic carbocycles. The Morgan fingerprint density at radius 1 is 1.62 bits per heavy atom. The summed E-state index contributed by atoms with van der Waals surface area (Å²) in [6.45, 7) is 1.92. The topological polar surface area (TPSA) is 49.5 Å². The number of likely N-dealkylation sites (tertiary alicyclic amines) is 1. The van der Waals surface area contributed by atoms with Gasteiger partial charge >= 0.3 is 0 Å². The third-order valence-corrected chi connectivity index (χ3v) is 2.57. The first-order valence-electron chi connectivity index (χ1n) is 4.46. The molecule has 0 radical (unpaired) electrons. The third-order valence-electron chi connectivity index (χ3n) is 2.57. The molecule has 1 fully saturated rings. The number of nitrogens with zero attached hydrogens (tertiary/aromatic N) is 1. The summed E-state index contributed by atoms with van der Waals surface area (Å²) >= 11 is 0. The average molecular weight is 194 g/mol. The van der Waals surface area contributed by atoms with Gasteiger partial charge in [0.05, 0.1) is 12.6 Å². The van der Waals surface area contributed by atoms with Crippen molar-refractivity contribution >= 4 is 0 Å². The third kappa shape index (κ3) is 2.59. The second kappa shape index (κ2) is 3.86. The SMILES string of the molecule is CC(C(O)CN)N1CCC(F)(F)C1. The smallest absolute Gasteiger partial charge is 0.261 e. The first-order valence-corrected chi connectivity index (χ1v) is 4.46. The molecule has 0 aromatic rings. The number of nitrogens with two attached hydrogens (primary N) is 1. The Morgan fingerprint density at radius 3 is 2.62 bits per heavy atom. The van der Waals surface area contributed by atoms with Crippen LogP contribution in [0.4, 0.5) is 8.78 Å². The van der Waals surface area contributed by atoms with E-state index in [1.54, 1.807) is 11.8 Å². The lowest BCUT2D eigenvalue weighted by Gasteiger charge is -2.27. The van der Waals surface area contributed by atoms with Crippen molar-refractivity contribution in [2.24, 2.45) is 5.73 Å². The van der Waals surface area contributed by atoms with E-state index in [0.29, 0.717) is 6.54 Å². The fourth-order valence-corrected chi connectivity index (χ4v) is 1.55. The van der Waals surface area contributed by atoms with Crippen LogP contribution in [0, 0.1) is 0 Å². The lowest BCUT2D eigenvalue weighted by atomic mass is 10.1. The second-order valence-corrected chi connectivity index (χ2v) is 3.62. The Labute approximate surface area is 76.5 Å². The van der Waals surface area contributed by atoms with Crippen molar-refractivity contribution in [3.63, 3.8) is 0 Å². The number of rotatable bonds is 3. The molecular weight excluding hydrogens is 178 g/mol. The molecule has 1 aliphatic heterocycles. The fraction of sp³-hybridized carbons (Fsp3) is 1.00. The maximum absolute atomic E-state index is 12.8. The number of aliphatic hydroxyl groups is 1. The Bertz CT molecular complexity index is 178. The highest BCUT2D eigenvalue weighted by Gasteiger charge is 2.40. The predicted molar refractivity (Wildman–Crippen MR) is 45.7 cm³/mol. The van der Waals surface area contributed by atoms with Crippen molar-refractivity contribution in [1.29, 1.82) is 0 Å². The Hall–Kier alpha value is -0.260. The van der Waals surface area contributed by atoms with Crippen LogP contribution in [0.15, 0.2) is 0 Å². The molecular formula is C8H16F2N2O. The van der Waals surface area contributed by atoms with E-state index >= 15 is 0 Å². The maximum atomic E-state index is 12.8.